The van der Waals surface area contributed by atoms with E-state index in [9.17, 15) is 69.3 Å². The zero-order valence-corrected chi connectivity index (χ0v) is 19.5. The summed E-state index contributed by atoms with van der Waals surface area (Å²) in [7, 11) is 0. The van der Waals surface area contributed by atoms with Crippen LogP contribution in [0.1, 0.15) is 13.8 Å². The van der Waals surface area contributed by atoms with Crippen LogP contribution in [0.15, 0.2) is 22.8 Å². The van der Waals surface area contributed by atoms with Crippen LogP contribution in [0.2, 0.25) is 0 Å². The highest BCUT2D eigenvalue weighted by atomic mass is 35.5. The second-order valence-electron chi connectivity index (χ2n) is 7.84. The molecule has 0 aromatic heterocycles. The molecular weight excluding hydrogens is 528 g/mol. The van der Waals surface area contributed by atoms with Crippen LogP contribution in [0.4, 0.5) is 0 Å². The van der Waals surface area contributed by atoms with Gasteiger partial charge in [-0.3, -0.25) is 29.3 Å². The highest BCUT2D eigenvalue weighted by molar-refractivity contribution is 6.38. The quantitative estimate of drug-likeness (QED) is 0.176. The summed E-state index contributed by atoms with van der Waals surface area (Å²) in [5, 5.41) is 77.1. The summed E-state index contributed by atoms with van der Waals surface area (Å²) in [6.45, 7) is 2.08. The average molecular weight is 547 g/mol. The van der Waals surface area contributed by atoms with Gasteiger partial charge < -0.3 is 35.7 Å². The lowest BCUT2D eigenvalue weighted by Crippen LogP contribution is -2.58. The van der Waals surface area contributed by atoms with Crippen molar-refractivity contribution < 1.29 is 69.3 Å². The van der Waals surface area contributed by atoms with Gasteiger partial charge in [0.2, 0.25) is 0 Å². The highest BCUT2D eigenvalue weighted by Gasteiger charge is 2.64. The van der Waals surface area contributed by atoms with E-state index in [4.69, 9.17) is 16.9 Å². The maximum absolute atomic E-state index is 12.3. The molecule has 1 fully saturated rings. The molecule has 0 aromatic carbocycles. The van der Waals surface area contributed by atoms with Crippen LogP contribution in [-0.4, -0.2) is 94.5 Å². The summed E-state index contributed by atoms with van der Waals surface area (Å²) in [4.78, 5) is 81.1. The van der Waals surface area contributed by atoms with Crippen LogP contribution in [0, 0.1) is 28.6 Å². The van der Waals surface area contributed by atoms with E-state index in [1.807, 2.05) is 5.32 Å². The van der Waals surface area contributed by atoms with Crippen molar-refractivity contribution >= 4 is 53.4 Å². The Labute approximate surface area is 210 Å². The largest absolute Gasteiger partial charge is 0.481 e. The fourth-order valence-electron chi connectivity index (χ4n) is 4.18. The molecule has 17 heteroatoms. The molecule has 5 unspecified atom stereocenters. The molecule has 0 radical (unpaired) electrons. The third-order valence-electron chi connectivity index (χ3n) is 5.80. The molecule has 0 saturated carbocycles. The van der Waals surface area contributed by atoms with Crippen LogP contribution in [0.3, 0.4) is 0 Å². The second kappa shape index (κ2) is 10.6. The van der Waals surface area contributed by atoms with E-state index < -0.39 is 92.7 Å². The number of carbonyl (C=O) groups is 7. The number of hydrogen-bond acceptors (Lipinski definition) is 9. The number of carboxylic acids is 7. The lowest BCUT2D eigenvalue weighted by Gasteiger charge is -2.40. The molecule has 0 bridgehead atoms. The van der Waals surface area contributed by atoms with Gasteiger partial charge in [-0.1, -0.05) is 0 Å². The van der Waals surface area contributed by atoms with Crippen molar-refractivity contribution in [1.29, 1.82) is 5.26 Å². The first kappa shape index (κ1) is 30.5. The van der Waals surface area contributed by atoms with Gasteiger partial charge in [0, 0.05) is 6.92 Å². The normalized spacial score (nSPS) is 30.6. The summed E-state index contributed by atoms with van der Waals surface area (Å²) < 4.78 is 0. The SMILES string of the molecule is CC#N.C[C@@]1(C(=O)O)C2=CC(Cl)(C(=O)O)C(C(=O)O)C(C(=O)O)=C2C(C(=O)O)C(C(=O)O)NC1C(=O)O. The number of aliphatic carboxylic acids is 7. The van der Waals surface area contributed by atoms with E-state index in [2.05, 4.69) is 0 Å². The molecule has 1 aliphatic carbocycles. The molecule has 8 N–H and O–H groups in total. The standard InChI is InChI=1S/C18H16ClNO14.C2H3N/c1-17(15(31)32)3-2-18(19,16(33)34)7(12(25)26)5(10(21)22)4(3)6(11(23)24)8(13(27)28)20-9(17)14(29)30;1-2-3/h2,6-9,20H,1H3,(H,21,22)(H,23,24)(H,25,26)(H,27,28)(H,29,30)(H,31,32)(H,33,34);1H3/t6?,7?,8?,9?,17-,18?;/m1./s1. The lowest BCUT2D eigenvalue weighted by molar-refractivity contribution is -0.157. The smallest absolute Gasteiger partial charge is 0.332 e. The number of rotatable bonds is 7. The number of nitriles is 1. The predicted octanol–water partition coefficient (Wildman–Crippen LogP) is -1.10. The van der Waals surface area contributed by atoms with E-state index in [1.165, 1.54) is 6.92 Å². The summed E-state index contributed by atoms with van der Waals surface area (Å²) in [6.07, 6.45) is 0.253. The molecular formula is C20H19ClN2O14. The minimum atomic E-state index is -3.22. The minimum Gasteiger partial charge on any atom is -0.481 e. The minimum absolute atomic E-state index is 0.253. The average Bonchev–Trinajstić information content (AvgIpc) is 2.86. The van der Waals surface area contributed by atoms with Crippen molar-refractivity contribution in [2.24, 2.45) is 17.3 Å². The first-order chi connectivity index (χ1) is 16.9. The molecule has 200 valence electrons. The zero-order valence-electron chi connectivity index (χ0n) is 18.7. The number of alkyl halides is 1. The van der Waals surface area contributed by atoms with Crippen LogP contribution < -0.4 is 5.32 Å². The summed E-state index contributed by atoms with van der Waals surface area (Å²) >= 11 is 5.99. The van der Waals surface area contributed by atoms with Gasteiger partial charge in [-0.2, -0.15) is 5.26 Å². The molecule has 2 rings (SSSR count). The van der Waals surface area contributed by atoms with Gasteiger partial charge in [0.05, 0.1) is 11.6 Å². The van der Waals surface area contributed by atoms with Gasteiger partial charge in [0.15, 0.2) is 4.87 Å². The molecule has 6 atom stereocenters. The van der Waals surface area contributed by atoms with Crippen molar-refractivity contribution in [1.82, 2.24) is 5.32 Å². The first-order valence-electron chi connectivity index (χ1n) is 9.70. The van der Waals surface area contributed by atoms with Crippen LogP contribution >= 0.6 is 11.6 Å². The molecule has 0 aromatic rings. The van der Waals surface area contributed by atoms with Crippen LogP contribution in [0.5, 0.6) is 0 Å². The van der Waals surface area contributed by atoms with Gasteiger partial charge in [-0.05, 0) is 24.1 Å². The fraction of sp³-hybridized carbons (Fsp3) is 0.400. The van der Waals surface area contributed by atoms with Gasteiger partial charge in [0.25, 0.3) is 0 Å². The number of fused-ring (bicyclic) bond motifs is 1. The van der Waals surface area contributed by atoms with Crippen molar-refractivity contribution in [3.63, 3.8) is 0 Å². The fourth-order valence-corrected chi connectivity index (χ4v) is 4.49. The second-order valence-corrected chi connectivity index (χ2v) is 8.46. The highest BCUT2D eigenvalue weighted by Crippen LogP contribution is 2.52. The molecule has 2 aliphatic rings. The van der Waals surface area contributed by atoms with E-state index in [0.29, 0.717) is 6.92 Å². The van der Waals surface area contributed by atoms with Gasteiger partial charge in [-0.15, -0.1) is 11.6 Å². The Bertz CT molecular complexity index is 1200. The Morgan fingerprint density at radius 3 is 1.68 bits per heavy atom. The van der Waals surface area contributed by atoms with E-state index in [0.717, 1.165) is 0 Å². The van der Waals surface area contributed by atoms with E-state index in [-0.39, 0.29) is 6.08 Å². The monoisotopic (exact) mass is 546 g/mol. The van der Waals surface area contributed by atoms with Gasteiger partial charge >= 0.3 is 41.8 Å². The Kier molecular flexibility index (Phi) is 8.78. The molecule has 1 aliphatic heterocycles. The topological polar surface area (TPSA) is 297 Å². The molecule has 1 heterocycles. The first-order valence-corrected chi connectivity index (χ1v) is 10.1. The zero-order chi connectivity index (χ0) is 29.2. The molecule has 0 spiro atoms. The Morgan fingerprint density at radius 2 is 1.38 bits per heavy atom. The van der Waals surface area contributed by atoms with E-state index >= 15 is 0 Å². The predicted molar refractivity (Wildman–Crippen MR) is 114 cm³/mol. The Morgan fingerprint density at radius 1 is 0.892 bits per heavy atom. The van der Waals surface area contributed by atoms with Crippen molar-refractivity contribution in [3.05, 3.63) is 22.8 Å². The summed E-state index contributed by atoms with van der Waals surface area (Å²) in [5.41, 5.74) is -6.71. The lowest BCUT2D eigenvalue weighted by atomic mass is 9.63. The van der Waals surface area contributed by atoms with Crippen molar-refractivity contribution in [3.8, 4) is 6.07 Å². The van der Waals surface area contributed by atoms with Crippen molar-refractivity contribution in [2.45, 2.75) is 30.8 Å². The third-order valence-corrected chi connectivity index (χ3v) is 6.29. The maximum Gasteiger partial charge on any atom is 0.332 e. The molecule has 0 amide bonds. The number of carboxylic acid groups (broad SMARTS) is 7. The number of nitrogens with zero attached hydrogens (tertiary/aromatic N) is 1. The Hall–Kier alpha value is -4.49. The van der Waals surface area contributed by atoms with Crippen molar-refractivity contribution in [2.75, 3.05) is 0 Å². The number of hydrogen-bond donors (Lipinski definition) is 8. The van der Waals surface area contributed by atoms with Gasteiger partial charge in [-0.25, -0.2) is 9.59 Å². The molecule has 1 saturated heterocycles. The summed E-state index contributed by atoms with van der Waals surface area (Å²) in [5.74, 6) is -20.1. The maximum atomic E-state index is 12.3. The van der Waals surface area contributed by atoms with Crippen LogP contribution in [-0.2, 0) is 33.6 Å². The van der Waals surface area contributed by atoms with Crippen LogP contribution in [0.25, 0.3) is 0 Å². The Balaban J connectivity index is 0.00000217. The number of nitrogens with one attached hydrogen (secondary N) is 1. The molecule has 37 heavy (non-hydrogen) atoms. The molecule has 16 nitrogen and oxygen atoms in total. The van der Waals surface area contributed by atoms with Gasteiger partial charge in [0.1, 0.15) is 29.3 Å². The number of halogens is 1. The van der Waals surface area contributed by atoms with E-state index in [1.54, 1.807) is 6.07 Å². The summed E-state index contributed by atoms with van der Waals surface area (Å²) in [6, 6.07) is -3.18. The third kappa shape index (κ3) is 4.94.